The van der Waals surface area contributed by atoms with Crippen molar-refractivity contribution in [3.63, 3.8) is 0 Å². The highest BCUT2D eigenvalue weighted by Crippen LogP contribution is 2.32. The number of anilines is 1. The molecule has 7 heteroatoms. The van der Waals surface area contributed by atoms with E-state index in [0.29, 0.717) is 18.5 Å². The van der Waals surface area contributed by atoms with E-state index in [0.717, 1.165) is 51.3 Å². The van der Waals surface area contributed by atoms with Crippen molar-refractivity contribution >= 4 is 36.4 Å². The first-order valence-electron chi connectivity index (χ1n) is 9.11. The van der Waals surface area contributed by atoms with Crippen molar-refractivity contribution in [2.45, 2.75) is 32.2 Å². The molecule has 1 aromatic rings. The number of halogens is 2. The minimum atomic E-state index is 0. The number of nitrogens with one attached hydrogen (secondary N) is 1. The van der Waals surface area contributed by atoms with Crippen LogP contribution in [0.1, 0.15) is 37.8 Å². The summed E-state index contributed by atoms with van der Waals surface area (Å²) in [6.45, 7) is 6.39. The van der Waals surface area contributed by atoms with Crippen molar-refractivity contribution in [2.75, 3.05) is 38.2 Å². The maximum Gasteiger partial charge on any atom is 0.227 e. The number of ether oxygens (including phenoxy) is 1. The number of hydrogen-bond donors (Lipinski definition) is 2. The van der Waals surface area contributed by atoms with Gasteiger partial charge in [0, 0.05) is 30.7 Å². The largest absolute Gasteiger partial charge is 0.379 e. The van der Waals surface area contributed by atoms with Gasteiger partial charge in [0.15, 0.2) is 0 Å². The van der Waals surface area contributed by atoms with Crippen molar-refractivity contribution < 1.29 is 9.53 Å². The van der Waals surface area contributed by atoms with Gasteiger partial charge in [-0.15, -0.1) is 24.8 Å². The van der Waals surface area contributed by atoms with Crippen molar-refractivity contribution in [3.8, 4) is 0 Å². The molecule has 0 spiro atoms. The molecule has 5 nitrogen and oxygen atoms in total. The Hall–Kier alpha value is -0.850. The van der Waals surface area contributed by atoms with Gasteiger partial charge < -0.3 is 15.8 Å². The molecule has 0 aromatic heterocycles. The molecule has 0 radical (unpaired) electrons. The molecule has 1 aliphatic carbocycles. The summed E-state index contributed by atoms with van der Waals surface area (Å²) in [5.41, 5.74) is 7.94. The molecule has 3 N–H and O–H groups in total. The first-order valence-corrected chi connectivity index (χ1v) is 9.11. The molecule has 3 rings (SSSR count). The predicted octanol–water partition coefficient (Wildman–Crippen LogP) is 3.24. The molecule has 1 unspecified atom stereocenters. The summed E-state index contributed by atoms with van der Waals surface area (Å²) >= 11 is 0. The molecule has 1 saturated carbocycles. The molecule has 1 aliphatic heterocycles. The van der Waals surface area contributed by atoms with Gasteiger partial charge in [-0.25, -0.2) is 0 Å². The van der Waals surface area contributed by atoms with Gasteiger partial charge in [-0.1, -0.05) is 18.6 Å². The average Bonchev–Trinajstić information content (AvgIpc) is 3.11. The Morgan fingerprint density at radius 1 is 1.23 bits per heavy atom. The number of nitrogens with zero attached hydrogens (tertiary/aromatic N) is 1. The van der Waals surface area contributed by atoms with Crippen molar-refractivity contribution in [3.05, 3.63) is 29.8 Å². The molecular formula is C19H31Cl2N3O2. The van der Waals surface area contributed by atoms with E-state index in [-0.39, 0.29) is 36.6 Å². The Labute approximate surface area is 168 Å². The SMILES string of the molecule is CC(c1ccc(NC(=O)[C@@H]2CCC[C@@H]2CN)cc1)N1CCOCC1.Cl.Cl. The van der Waals surface area contributed by atoms with Gasteiger partial charge in [-0.2, -0.15) is 0 Å². The lowest BCUT2D eigenvalue weighted by Crippen LogP contribution is -2.38. The first kappa shape index (κ1) is 23.2. The fourth-order valence-electron chi connectivity index (χ4n) is 3.92. The van der Waals surface area contributed by atoms with E-state index in [9.17, 15) is 4.79 Å². The van der Waals surface area contributed by atoms with E-state index < -0.39 is 0 Å². The van der Waals surface area contributed by atoms with E-state index >= 15 is 0 Å². The van der Waals surface area contributed by atoms with Crippen LogP contribution in [-0.4, -0.2) is 43.7 Å². The van der Waals surface area contributed by atoms with Gasteiger partial charge >= 0.3 is 0 Å². The molecular weight excluding hydrogens is 373 g/mol. The highest BCUT2D eigenvalue weighted by atomic mass is 35.5. The van der Waals surface area contributed by atoms with Crippen molar-refractivity contribution in [2.24, 2.45) is 17.6 Å². The molecule has 1 amide bonds. The van der Waals surface area contributed by atoms with Crippen LogP contribution in [0.25, 0.3) is 0 Å². The lowest BCUT2D eigenvalue weighted by atomic mass is 9.95. The third-order valence-corrected chi connectivity index (χ3v) is 5.55. The summed E-state index contributed by atoms with van der Waals surface area (Å²) in [5, 5.41) is 3.07. The minimum absolute atomic E-state index is 0. The molecule has 1 heterocycles. The predicted molar refractivity (Wildman–Crippen MR) is 110 cm³/mol. The Morgan fingerprint density at radius 3 is 2.50 bits per heavy atom. The number of carbonyl (C=O) groups is 1. The van der Waals surface area contributed by atoms with Crippen LogP contribution in [0.5, 0.6) is 0 Å². The third-order valence-electron chi connectivity index (χ3n) is 5.55. The van der Waals surface area contributed by atoms with Crippen LogP contribution in [-0.2, 0) is 9.53 Å². The number of rotatable bonds is 5. The normalized spacial score (nSPS) is 24.2. The average molecular weight is 404 g/mol. The topological polar surface area (TPSA) is 67.6 Å². The van der Waals surface area contributed by atoms with Crippen molar-refractivity contribution in [1.82, 2.24) is 4.90 Å². The highest BCUT2D eigenvalue weighted by molar-refractivity contribution is 5.92. The Kier molecular flexibility index (Phi) is 9.90. The monoisotopic (exact) mass is 403 g/mol. The number of morpholine rings is 1. The summed E-state index contributed by atoms with van der Waals surface area (Å²) in [6.07, 6.45) is 3.14. The molecule has 2 fully saturated rings. The van der Waals surface area contributed by atoms with Gasteiger partial charge in [0.05, 0.1) is 13.2 Å². The first-order chi connectivity index (χ1) is 11.7. The Bertz CT molecular complexity index is 550. The van der Waals surface area contributed by atoms with Crippen molar-refractivity contribution in [1.29, 1.82) is 0 Å². The zero-order chi connectivity index (χ0) is 16.9. The molecule has 26 heavy (non-hydrogen) atoms. The number of carbonyl (C=O) groups excluding carboxylic acids is 1. The fourth-order valence-corrected chi connectivity index (χ4v) is 3.92. The van der Waals surface area contributed by atoms with Gasteiger partial charge in [-0.3, -0.25) is 9.69 Å². The van der Waals surface area contributed by atoms with E-state index in [4.69, 9.17) is 10.5 Å². The van der Waals surface area contributed by atoms with Crippen LogP contribution in [0.2, 0.25) is 0 Å². The van der Waals surface area contributed by atoms with E-state index in [1.165, 1.54) is 5.56 Å². The standard InChI is InChI=1S/C19H29N3O2.2ClH/c1-14(22-9-11-24-12-10-22)15-5-7-17(8-6-15)21-19(23)18-4-2-3-16(18)13-20;;/h5-8,14,16,18H,2-4,9-13,20H2,1H3,(H,21,23);2*1H/t14?,16-,18-;;/m1../s1. The molecule has 148 valence electrons. The Balaban J connectivity index is 0.00000169. The molecule has 1 aromatic carbocycles. The second-order valence-corrected chi connectivity index (χ2v) is 6.97. The second kappa shape index (κ2) is 11.1. The second-order valence-electron chi connectivity index (χ2n) is 6.97. The van der Waals surface area contributed by atoms with Crippen LogP contribution in [0.4, 0.5) is 5.69 Å². The Morgan fingerprint density at radius 2 is 1.88 bits per heavy atom. The lowest BCUT2D eigenvalue weighted by molar-refractivity contribution is -0.120. The zero-order valence-electron chi connectivity index (χ0n) is 15.4. The van der Waals surface area contributed by atoms with E-state index in [1.807, 2.05) is 12.1 Å². The van der Waals surface area contributed by atoms with Crippen LogP contribution in [0, 0.1) is 11.8 Å². The van der Waals surface area contributed by atoms with Gasteiger partial charge in [0.25, 0.3) is 0 Å². The van der Waals surface area contributed by atoms with E-state index in [1.54, 1.807) is 0 Å². The van der Waals surface area contributed by atoms with Gasteiger partial charge in [0.1, 0.15) is 0 Å². The summed E-state index contributed by atoms with van der Waals surface area (Å²) in [7, 11) is 0. The van der Waals surface area contributed by atoms with Crippen LogP contribution >= 0.6 is 24.8 Å². The molecule has 0 bridgehead atoms. The van der Waals surface area contributed by atoms with Crippen LogP contribution < -0.4 is 11.1 Å². The molecule has 1 saturated heterocycles. The lowest BCUT2D eigenvalue weighted by Gasteiger charge is -2.32. The van der Waals surface area contributed by atoms with Crippen LogP contribution in [0.3, 0.4) is 0 Å². The molecule has 3 atom stereocenters. The third kappa shape index (κ3) is 5.57. The van der Waals surface area contributed by atoms with Crippen LogP contribution in [0.15, 0.2) is 24.3 Å². The smallest absolute Gasteiger partial charge is 0.227 e. The number of hydrogen-bond acceptors (Lipinski definition) is 4. The maximum atomic E-state index is 12.5. The molecule has 2 aliphatic rings. The number of benzene rings is 1. The van der Waals surface area contributed by atoms with Gasteiger partial charge in [0.2, 0.25) is 5.91 Å². The number of nitrogens with two attached hydrogens (primary N) is 1. The minimum Gasteiger partial charge on any atom is -0.379 e. The quantitative estimate of drug-likeness (QED) is 0.791. The number of amides is 1. The highest BCUT2D eigenvalue weighted by Gasteiger charge is 2.31. The summed E-state index contributed by atoms with van der Waals surface area (Å²) in [6, 6.07) is 8.62. The summed E-state index contributed by atoms with van der Waals surface area (Å²) in [5.74, 6) is 0.532. The van der Waals surface area contributed by atoms with E-state index in [2.05, 4.69) is 29.3 Å². The fraction of sp³-hybridized carbons (Fsp3) is 0.632. The van der Waals surface area contributed by atoms with Gasteiger partial charge in [-0.05, 0) is 49.9 Å². The summed E-state index contributed by atoms with van der Waals surface area (Å²) < 4.78 is 5.42. The zero-order valence-corrected chi connectivity index (χ0v) is 17.0. The maximum absolute atomic E-state index is 12.5. The summed E-state index contributed by atoms with van der Waals surface area (Å²) in [4.78, 5) is 14.9.